The Hall–Kier alpha value is -3.95. The van der Waals surface area contributed by atoms with E-state index in [1.165, 1.54) is 32.3 Å². The molecule has 0 aliphatic carbocycles. The fraction of sp³-hybridized carbons (Fsp3) is 0.250. The average molecular weight is 473 g/mol. The topological polar surface area (TPSA) is 64.1 Å². The molecule has 0 radical (unpaired) electrons. The lowest BCUT2D eigenvalue weighted by atomic mass is 10.0. The number of aromatic nitrogens is 1. The van der Waals surface area contributed by atoms with Crippen LogP contribution in [0.2, 0.25) is 0 Å². The van der Waals surface area contributed by atoms with E-state index in [-0.39, 0.29) is 12.2 Å². The lowest BCUT2D eigenvalue weighted by molar-refractivity contribution is -0.137. The van der Waals surface area contributed by atoms with Gasteiger partial charge in [0.1, 0.15) is 18.2 Å². The normalized spacial score (nSPS) is 13.6. The van der Waals surface area contributed by atoms with Crippen LogP contribution in [0.15, 0.2) is 48.5 Å². The van der Waals surface area contributed by atoms with Gasteiger partial charge in [0.2, 0.25) is 5.88 Å². The number of amides is 1. The molecular formula is C24H22F3N3O4. The Morgan fingerprint density at radius 3 is 2.18 bits per heavy atom. The minimum Gasteiger partial charge on any atom is -0.497 e. The molecule has 1 amide bonds. The molecule has 0 fully saturated rings. The number of ether oxygens (including phenoxy) is 3. The van der Waals surface area contributed by atoms with Crippen LogP contribution in [0.3, 0.4) is 0 Å². The first-order valence-electron chi connectivity index (χ1n) is 10.2. The summed E-state index contributed by atoms with van der Waals surface area (Å²) in [5, 5.41) is 0. The van der Waals surface area contributed by atoms with Crippen LogP contribution in [0.5, 0.6) is 17.4 Å². The predicted molar refractivity (Wildman–Crippen MR) is 120 cm³/mol. The van der Waals surface area contributed by atoms with Crippen molar-refractivity contribution in [2.75, 3.05) is 37.8 Å². The van der Waals surface area contributed by atoms with Gasteiger partial charge < -0.3 is 19.1 Å². The van der Waals surface area contributed by atoms with Crippen molar-refractivity contribution in [3.63, 3.8) is 0 Å². The van der Waals surface area contributed by atoms with E-state index in [0.29, 0.717) is 40.1 Å². The van der Waals surface area contributed by atoms with Gasteiger partial charge in [0.25, 0.3) is 5.91 Å². The summed E-state index contributed by atoms with van der Waals surface area (Å²) < 4.78 is 56.4. The molecule has 2 heterocycles. The molecule has 0 atom stereocenters. The van der Waals surface area contributed by atoms with Gasteiger partial charge in [0.15, 0.2) is 0 Å². The number of carbonyl (C=O) groups is 1. The third-order valence-corrected chi connectivity index (χ3v) is 5.58. The highest BCUT2D eigenvalue weighted by atomic mass is 19.4. The third kappa shape index (κ3) is 4.07. The largest absolute Gasteiger partial charge is 0.497 e. The standard InChI is InChI=1S/C24H22F3N3O4/c1-14-18(9-10-22(28-14)34-4)30-13-29(20-8-6-16(32-2)12-21(20)33-3)19-7-5-15(24(25,26)27)11-17(19)23(30)31/h5-12H,13H2,1-4H3. The Kier molecular flexibility index (Phi) is 5.99. The molecule has 1 aliphatic heterocycles. The average Bonchev–Trinajstić information content (AvgIpc) is 2.83. The molecule has 0 N–H and O–H groups in total. The van der Waals surface area contributed by atoms with Gasteiger partial charge in [-0.25, -0.2) is 4.98 Å². The maximum absolute atomic E-state index is 13.5. The zero-order valence-corrected chi connectivity index (χ0v) is 18.9. The van der Waals surface area contributed by atoms with Crippen molar-refractivity contribution in [1.29, 1.82) is 0 Å². The van der Waals surface area contributed by atoms with Crippen LogP contribution in [0.25, 0.3) is 0 Å². The zero-order valence-electron chi connectivity index (χ0n) is 18.9. The van der Waals surface area contributed by atoms with Crippen LogP contribution < -0.4 is 24.0 Å². The van der Waals surface area contributed by atoms with Gasteiger partial charge in [-0.3, -0.25) is 9.69 Å². The molecule has 0 spiro atoms. The van der Waals surface area contributed by atoms with Crippen molar-refractivity contribution in [2.24, 2.45) is 0 Å². The SMILES string of the molecule is COc1ccc(N2CN(c3ccc(OC)nc3C)C(=O)c3cc(C(F)(F)F)ccc32)c(OC)c1. The number of methoxy groups -OCH3 is 3. The highest BCUT2D eigenvalue weighted by Crippen LogP contribution is 2.43. The Morgan fingerprint density at radius 1 is 0.853 bits per heavy atom. The zero-order chi connectivity index (χ0) is 24.6. The second-order valence-electron chi connectivity index (χ2n) is 7.53. The smallest absolute Gasteiger partial charge is 0.416 e. The van der Waals surface area contributed by atoms with E-state index in [0.717, 1.165) is 12.1 Å². The number of aryl methyl sites for hydroxylation is 1. The molecule has 4 rings (SSSR count). The van der Waals surface area contributed by atoms with Crippen LogP contribution in [0.1, 0.15) is 21.6 Å². The van der Waals surface area contributed by atoms with Gasteiger partial charge in [-0.15, -0.1) is 0 Å². The Bertz CT molecular complexity index is 1250. The molecule has 7 nitrogen and oxygen atoms in total. The summed E-state index contributed by atoms with van der Waals surface area (Å²) in [6.07, 6.45) is -4.60. The first-order chi connectivity index (χ1) is 16.2. The number of rotatable bonds is 5. The summed E-state index contributed by atoms with van der Waals surface area (Å²) >= 11 is 0. The number of carbonyl (C=O) groups excluding carboxylic acids is 1. The summed E-state index contributed by atoms with van der Waals surface area (Å²) in [6.45, 7) is 1.72. The van der Waals surface area contributed by atoms with Crippen molar-refractivity contribution in [3.05, 3.63) is 65.4 Å². The minimum absolute atomic E-state index is 0.0226. The quantitative estimate of drug-likeness (QED) is 0.508. The van der Waals surface area contributed by atoms with E-state index < -0.39 is 17.6 Å². The molecule has 2 aromatic carbocycles. The molecule has 0 saturated carbocycles. The number of anilines is 3. The number of hydrogen-bond donors (Lipinski definition) is 0. The van der Waals surface area contributed by atoms with E-state index >= 15 is 0 Å². The lowest BCUT2D eigenvalue weighted by Crippen LogP contribution is -2.45. The summed E-state index contributed by atoms with van der Waals surface area (Å²) in [7, 11) is 4.47. The van der Waals surface area contributed by atoms with E-state index in [2.05, 4.69) is 4.98 Å². The number of fused-ring (bicyclic) bond motifs is 1. The van der Waals surface area contributed by atoms with Crippen molar-refractivity contribution in [1.82, 2.24) is 4.98 Å². The van der Waals surface area contributed by atoms with Gasteiger partial charge in [-0.05, 0) is 43.3 Å². The van der Waals surface area contributed by atoms with Crippen molar-refractivity contribution in [3.8, 4) is 17.4 Å². The molecule has 3 aromatic rings. The van der Waals surface area contributed by atoms with E-state index in [4.69, 9.17) is 14.2 Å². The number of benzene rings is 2. The number of alkyl halides is 3. The minimum atomic E-state index is -4.60. The highest BCUT2D eigenvalue weighted by Gasteiger charge is 2.37. The molecular weight excluding hydrogens is 451 g/mol. The molecule has 0 unspecified atom stereocenters. The number of halogens is 3. The van der Waals surface area contributed by atoms with Crippen LogP contribution in [0.4, 0.5) is 30.2 Å². The molecule has 0 saturated heterocycles. The first kappa shape index (κ1) is 23.2. The summed E-state index contributed by atoms with van der Waals surface area (Å²) in [6, 6.07) is 11.5. The molecule has 34 heavy (non-hydrogen) atoms. The number of pyridine rings is 1. The van der Waals surface area contributed by atoms with Crippen LogP contribution in [-0.4, -0.2) is 38.9 Å². The van der Waals surface area contributed by atoms with Crippen LogP contribution in [0, 0.1) is 6.92 Å². The maximum atomic E-state index is 13.5. The predicted octanol–water partition coefficient (Wildman–Crippen LogP) is 5.19. The Balaban J connectivity index is 1.91. The number of hydrogen-bond acceptors (Lipinski definition) is 6. The highest BCUT2D eigenvalue weighted by molar-refractivity contribution is 6.13. The first-order valence-corrected chi connectivity index (χ1v) is 10.2. The van der Waals surface area contributed by atoms with Crippen LogP contribution in [-0.2, 0) is 6.18 Å². The number of nitrogens with zero attached hydrogens (tertiary/aromatic N) is 3. The van der Waals surface area contributed by atoms with Crippen molar-refractivity contribution in [2.45, 2.75) is 13.1 Å². The fourth-order valence-electron chi connectivity index (χ4n) is 3.88. The second kappa shape index (κ2) is 8.77. The Morgan fingerprint density at radius 2 is 1.56 bits per heavy atom. The molecule has 10 heteroatoms. The molecule has 178 valence electrons. The van der Waals surface area contributed by atoms with E-state index in [9.17, 15) is 18.0 Å². The van der Waals surface area contributed by atoms with E-state index in [1.807, 2.05) is 0 Å². The van der Waals surface area contributed by atoms with Crippen molar-refractivity contribution >= 4 is 23.0 Å². The van der Waals surface area contributed by atoms with Gasteiger partial charge in [0, 0.05) is 12.1 Å². The van der Waals surface area contributed by atoms with Gasteiger partial charge in [-0.1, -0.05) is 0 Å². The molecule has 1 aromatic heterocycles. The maximum Gasteiger partial charge on any atom is 0.416 e. The van der Waals surface area contributed by atoms with Crippen molar-refractivity contribution < 1.29 is 32.2 Å². The third-order valence-electron chi connectivity index (χ3n) is 5.58. The lowest BCUT2D eigenvalue weighted by Gasteiger charge is -2.39. The van der Waals surface area contributed by atoms with Gasteiger partial charge >= 0.3 is 6.18 Å². The summed E-state index contributed by atoms with van der Waals surface area (Å²) in [4.78, 5) is 20.9. The van der Waals surface area contributed by atoms with Gasteiger partial charge in [-0.2, -0.15) is 13.2 Å². The van der Waals surface area contributed by atoms with Gasteiger partial charge in [0.05, 0.1) is 55.2 Å². The monoisotopic (exact) mass is 473 g/mol. The summed E-state index contributed by atoms with van der Waals surface area (Å²) in [5.41, 5.74) is 0.829. The fourth-order valence-corrected chi connectivity index (χ4v) is 3.88. The van der Waals surface area contributed by atoms with Crippen LogP contribution >= 0.6 is 0 Å². The van der Waals surface area contributed by atoms with E-state index in [1.54, 1.807) is 42.2 Å². The Labute approximate surface area is 194 Å². The molecule has 0 bridgehead atoms. The molecule has 1 aliphatic rings. The summed E-state index contributed by atoms with van der Waals surface area (Å²) in [5.74, 6) is 0.775. The second-order valence-corrected chi connectivity index (χ2v) is 7.53.